The molecule has 0 bridgehead atoms. The number of nitrogens with one attached hydrogen (secondary N) is 2. The fourth-order valence-electron chi connectivity index (χ4n) is 2.32. The van der Waals surface area contributed by atoms with E-state index in [1.807, 2.05) is 11.8 Å². The number of nitrogens with zero attached hydrogens (tertiary/aromatic N) is 3. The van der Waals surface area contributed by atoms with Gasteiger partial charge in [-0.2, -0.15) is 0 Å². The third-order valence-corrected chi connectivity index (χ3v) is 3.59. The molecule has 0 unspecified atom stereocenters. The van der Waals surface area contributed by atoms with Crippen molar-refractivity contribution in [3.8, 4) is 0 Å². The lowest BCUT2D eigenvalue weighted by Crippen LogP contribution is -2.48. The van der Waals surface area contributed by atoms with Crippen LogP contribution >= 0.6 is 24.0 Å². The summed E-state index contributed by atoms with van der Waals surface area (Å²) in [6.45, 7) is 13.9. The SMILES string of the molecule is CCNC(=NCCN1CCN(C(C)=O)CC1)NCCOCC.I. The van der Waals surface area contributed by atoms with Gasteiger partial charge in [-0.15, -0.1) is 24.0 Å². The Hall–Kier alpha value is -0.610. The van der Waals surface area contributed by atoms with Gasteiger partial charge in [0.2, 0.25) is 5.91 Å². The summed E-state index contributed by atoms with van der Waals surface area (Å²) in [6, 6.07) is 0. The van der Waals surface area contributed by atoms with Gasteiger partial charge in [0.25, 0.3) is 0 Å². The number of carbonyl (C=O) groups excluding carboxylic acids is 1. The lowest BCUT2D eigenvalue weighted by molar-refractivity contribution is -0.130. The van der Waals surface area contributed by atoms with Crippen molar-refractivity contribution >= 4 is 35.8 Å². The monoisotopic (exact) mass is 441 g/mol. The van der Waals surface area contributed by atoms with Crippen LogP contribution in [0.2, 0.25) is 0 Å². The molecule has 2 N–H and O–H groups in total. The summed E-state index contributed by atoms with van der Waals surface area (Å²) in [4.78, 5) is 20.1. The lowest BCUT2D eigenvalue weighted by atomic mass is 10.3. The number of piperazine rings is 1. The third-order valence-electron chi connectivity index (χ3n) is 3.59. The minimum absolute atomic E-state index is 0. The summed E-state index contributed by atoms with van der Waals surface area (Å²) < 4.78 is 5.31. The summed E-state index contributed by atoms with van der Waals surface area (Å²) in [5.41, 5.74) is 0. The van der Waals surface area contributed by atoms with E-state index in [1.165, 1.54) is 0 Å². The zero-order valence-electron chi connectivity index (χ0n) is 14.6. The zero-order chi connectivity index (χ0) is 16.2. The molecule has 0 atom stereocenters. The predicted octanol–water partition coefficient (Wildman–Crippen LogP) is 0.360. The van der Waals surface area contributed by atoms with Crippen molar-refractivity contribution in [2.75, 3.05) is 65.6 Å². The summed E-state index contributed by atoms with van der Waals surface area (Å²) in [6.07, 6.45) is 0. The van der Waals surface area contributed by atoms with Crippen LogP contribution in [0.5, 0.6) is 0 Å². The zero-order valence-corrected chi connectivity index (χ0v) is 17.0. The lowest BCUT2D eigenvalue weighted by Gasteiger charge is -2.33. The van der Waals surface area contributed by atoms with E-state index in [1.54, 1.807) is 6.92 Å². The Labute approximate surface area is 157 Å². The van der Waals surface area contributed by atoms with Crippen LogP contribution in [0.1, 0.15) is 20.8 Å². The van der Waals surface area contributed by atoms with Gasteiger partial charge < -0.3 is 20.3 Å². The molecule has 1 rings (SSSR count). The van der Waals surface area contributed by atoms with E-state index < -0.39 is 0 Å². The van der Waals surface area contributed by atoms with Crippen molar-refractivity contribution in [2.45, 2.75) is 20.8 Å². The molecule has 1 fully saturated rings. The predicted molar refractivity (Wildman–Crippen MR) is 105 cm³/mol. The molecule has 0 aromatic rings. The second-order valence-electron chi connectivity index (χ2n) is 5.23. The van der Waals surface area contributed by atoms with Gasteiger partial charge in [0, 0.05) is 59.3 Å². The summed E-state index contributed by atoms with van der Waals surface area (Å²) in [5, 5.41) is 6.49. The number of aliphatic imine (C=N–C) groups is 1. The molecule has 8 heteroatoms. The van der Waals surface area contributed by atoms with Gasteiger partial charge in [0.1, 0.15) is 0 Å². The molecule has 1 aliphatic heterocycles. The Balaban J connectivity index is 0.00000484. The average molecular weight is 441 g/mol. The molecular weight excluding hydrogens is 409 g/mol. The first-order chi connectivity index (χ1) is 10.7. The van der Waals surface area contributed by atoms with Crippen LogP contribution in [0.15, 0.2) is 4.99 Å². The quantitative estimate of drug-likeness (QED) is 0.247. The van der Waals surface area contributed by atoms with E-state index in [9.17, 15) is 4.79 Å². The van der Waals surface area contributed by atoms with Gasteiger partial charge >= 0.3 is 0 Å². The molecule has 1 aliphatic rings. The molecule has 1 heterocycles. The van der Waals surface area contributed by atoms with Crippen LogP contribution < -0.4 is 10.6 Å². The second-order valence-corrected chi connectivity index (χ2v) is 5.23. The van der Waals surface area contributed by atoms with Crippen LogP contribution in [0.4, 0.5) is 0 Å². The van der Waals surface area contributed by atoms with Crippen LogP contribution in [0.25, 0.3) is 0 Å². The Kier molecular flexibility index (Phi) is 13.4. The van der Waals surface area contributed by atoms with E-state index in [4.69, 9.17) is 4.74 Å². The third kappa shape index (κ3) is 9.98. The van der Waals surface area contributed by atoms with Crippen LogP contribution in [-0.4, -0.2) is 87.2 Å². The molecule has 1 amide bonds. The molecule has 0 aromatic carbocycles. The highest BCUT2D eigenvalue weighted by molar-refractivity contribution is 14.0. The van der Waals surface area contributed by atoms with E-state index >= 15 is 0 Å². The first-order valence-electron chi connectivity index (χ1n) is 8.25. The number of amides is 1. The highest BCUT2D eigenvalue weighted by Gasteiger charge is 2.17. The number of guanidine groups is 1. The van der Waals surface area contributed by atoms with Gasteiger partial charge in [-0.05, 0) is 13.8 Å². The first kappa shape index (κ1) is 22.4. The van der Waals surface area contributed by atoms with Gasteiger partial charge in [-0.25, -0.2) is 0 Å². The van der Waals surface area contributed by atoms with E-state index in [0.29, 0.717) is 6.61 Å². The summed E-state index contributed by atoms with van der Waals surface area (Å²) >= 11 is 0. The topological polar surface area (TPSA) is 69.2 Å². The number of hydrogen-bond acceptors (Lipinski definition) is 4. The van der Waals surface area contributed by atoms with E-state index in [2.05, 4.69) is 27.4 Å². The fraction of sp³-hybridized carbons (Fsp3) is 0.867. The number of rotatable bonds is 8. The van der Waals surface area contributed by atoms with Crippen molar-refractivity contribution in [1.29, 1.82) is 0 Å². The molecule has 23 heavy (non-hydrogen) atoms. The van der Waals surface area contributed by atoms with E-state index in [0.717, 1.165) is 64.9 Å². The van der Waals surface area contributed by atoms with Crippen LogP contribution in [-0.2, 0) is 9.53 Å². The fourth-order valence-corrected chi connectivity index (χ4v) is 2.32. The molecule has 0 aliphatic carbocycles. The van der Waals surface area contributed by atoms with E-state index in [-0.39, 0.29) is 29.9 Å². The molecule has 0 saturated carbocycles. The molecule has 136 valence electrons. The second kappa shape index (κ2) is 13.8. The van der Waals surface area contributed by atoms with Crippen LogP contribution in [0, 0.1) is 0 Å². The highest BCUT2D eigenvalue weighted by atomic mass is 127. The molecule has 0 radical (unpaired) electrons. The van der Waals surface area contributed by atoms with Gasteiger partial charge in [0.15, 0.2) is 5.96 Å². The van der Waals surface area contributed by atoms with Gasteiger partial charge in [-0.3, -0.25) is 14.7 Å². The molecule has 1 saturated heterocycles. The Morgan fingerprint density at radius 1 is 1.17 bits per heavy atom. The van der Waals surface area contributed by atoms with Crippen LogP contribution in [0.3, 0.4) is 0 Å². The average Bonchev–Trinajstić information content (AvgIpc) is 2.52. The largest absolute Gasteiger partial charge is 0.380 e. The molecule has 0 aromatic heterocycles. The Morgan fingerprint density at radius 2 is 1.87 bits per heavy atom. The van der Waals surface area contributed by atoms with Crippen molar-refractivity contribution in [1.82, 2.24) is 20.4 Å². The van der Waals surface area contributed by atoms with Crippen molar-refractivity contribution in [2.24, 2.45) is 4.99 Å². The maximum Gasteiger partial charge on any atom is 0.219 e. The van der Waals surface area contributed by atoms with Gasteiger partial charge in [-0.1, -0.05) is 0 Å². The number of ether oxygens (including phenoxy) is 1. The number of carbonyl (C=O) groups is 1. The minimum Gasteiger partial charge on any atom is -0.380 e. The smallest absolute Gasteiger partial charge is 0.219 e. The summed E-state index contributed by atoms with van der Waals surface area (Å²) in [7, 11) is 0. The molecule has 7 nitrogen and oxygen atoms in total. The van der Waals surface area contributed by atoms with Crippen molar-refractivity contribution in [3.05, 3.63) is 0 Å². The normalized spacial score (nSPS) is 16.0. The Morgan fingerprint density at radius 3 is 2.43 bits per heavy atom. The maximum atomic E-state index is 11.3. The van der Waals surface area contributed by atoms with Crippen molar-refractivity contribution < 1.29 is 9.53 Å². The Bertz CT molecular complexity index is 347. The van der Waals surface area contributed by atoms with Crippen molar-refractivity contribution in [3.63, 3.8) is 0 Å². The number of hydrogen-bond donors (Lipinski definition) is 2. The highest BCUT2D eigenvalue weighted by Crippen LogP contribution is 2.01. The number of halogens is 1. The first-order valence-corrected chi connectivity index (χ1v) is 8.25. The molecular formula is C15H32IN5O2. The maximum absolute atomic E-state index is 11.3. The minimum atomic E-state index is 0. The molecule has 0 spiro atoms. The van der Waals surface area contributed by atoms with Gasteiger partial charge in [0.05, 0.1) is 13.2 Å². The summed E-state index contributed by atoms with van der Waals surface area (Å²) in [5.74, 6) is 1.01. The standard InChI is InChI=1S/C15H31N5O2.HI/c1-4-16-15(18-7-13-22-5-2)17-6-8-19-9-11-20(12-10-19)14(3)21;/h4-13H2,1-3H3,(H2,16,17,18);1H.